The molecule has 0 radical (unpaired) electrons. The first kappa shape index (κ1) is 12.2. The van der Waals surface area contributed by atoms with Crippen molar-refractivity contribution in [3.63, 3.8) is 0 Å². The van der Waals surface area contributed by atoms with E-state index < -0.39 is 36.4 Å². The van der Waals surface area contributed by atoms with Gasteiger partial charge in [-0.3, -0.25) is 9.59 Å². The van der Waals surface area contributed by atoms with Gasteiger partial charge in [0, 0.05) is 0 Å². The molecule has 0 saturated heterocycles. The number of carbonyl (C=O) groups is 2. The molecular weight excluding hydrogens is 200 g/mol. The normalized spacial score (nSPS) is 14.7. The summed E-state index contributed by atoms with van der Waals surface area (Å²) in [6.45, 7) is -1.35. The molecule has 13 heavy (non-hydrogen) atoms. The highest BCUT2D eigenvalue weighted by molar-refractivity contribution is 6.36. The third kappa shape index (κ3) is 3.58. The van der Waals surface area contributed by atoms with Crippen LogP contribution < -0.4 is 11.1 Å². The van der Waals surface area contributed by atoms with E-state index in [0.717, 1.165) is 0 Å². The molecule has 6 nitrogen and oxygen atoms in total. The number of aliphatic hydroxyl groups is 2. The van der Waals surface area contributed by atoms with Crippen LogP contribution >= 0.6 is 11.6 Å². The van der Waals surface area contributed by atoms with Crippen LogP contribution in [0.1, 0.15) is 6.42 Å². The first-order valence-electron chi connectivity index (χ1n) is 3.43. The highest BCUT2D eigenvalue weighted by Gasteiger charge is 2.37. The number of carbonyl (C=O) groups excluding carboxylic acids is 2. The Bertz CT molecular complexity index is 211. The quantitative estimate of drug-likeness (QED) is 0.308. The van der Waals surface area contributed by atoms with Crippen molar-refractivity contribution in [2.75, 3.05) is 13.3 Å². The maximum atomic E-state index is 11.1. The molecule has 5 N–H and O–H groups in total. The number of halogens is 1. The van der Waals surface area contributed by atoms with Crippen LogP contribution in [0.5, 0.6) is 0 Å². The SMILES string of the molecule is NC(=O)CC(Cl)(CO)C(=O)NCO. The second-order valence-corrected chi connectivity index (χ2v) is 3.15. The van der Waals surface area contributed by atoms with E-state index >= 15 is 0 Å². The molecule has 0 heterocycles. The van der Waals surface area contributed by atoms with Gasteiger partial charge in [-0.2, -0.15) is 0 Å². The molecule has 0 spiro atoms. The molecule has 1 atom stereocenters. The Labute approximate surface area is 79.7 Å². The highest BCUT2D eigenvalue weighted by atomic mass is 35.5. The zero-order valence-electron chi connectivity index (χ0n) is 6.79. The molecule has 1 unspecified atom stereocenters. The molecule has 0 aromatic rings. The van der Waals surface area contributed by atoms with E-state index in [1.165, 1.54) is 0 Å². The Morgan fingerprint density at radius 3 is 2.31 bits per heavy atom. The summed E-state index contributed by atoms with van der Waals surface area (Å²) < 4.78 is 0. The standard InChI is InChI=1S/C6H11ClN2O4/c7-6(2-10,1-4(8)12)5(13)9-3-11/h10-11H,1-3H2,(H2,8,12)(H,9,13). The second-order valence-electron chi connectivity index (χ2n) is 2.43. The van der Waals surface area contributed by atoms with Gasteiger partial charge in [0.1, 0.15) is 6.73 Å². The predicted molar refractivity (Wildman–Crippen MR) is 44.7 cm³/mol. The van der Waals surface area contributed by atoms with E-state index in [-0.39, 0.29) is 0 Å². The zero-order valence-corrected chi connectivity index (χ0v) is 7.54. The number of primary amides is 1. The fraction of sp³-hybridized carbons (Fsp3) is 0.667. The number of aliphatic hydroxyl groups excluding tert-OH is 2. The maximum absolute atomic E-state index is 11.1. The van der Waals surface area contributed by atoms with Crippen molar-refractivity contribution in [2.24, 2.45) is 5.73 Å². The second kappa shape index (κ2) is 5.00. The third-order valence-electron chi connectivity index (χ3n) is 1.35. The molecule has 76 valence electrons. The molecule has 0 fully saturated rings. The average molecular weight is 211 g/mol. The Balaban J connectivity index is 4.42. The van der Waals surface area contributed by atoms with Crippen LogP contribution in [-0.4, -0.2) is 40.2 Å². The largest absolute Gasteiger partial charge is 0.394 e. The summed E-state index contributed by atoms with van der Waals surface area (Å²) >= 11 is 5.57. The Hall–Kier alpha value is -0.850. The van der Waals surface area contributed by atoms with Crippen LogP contribution in [0.4, 0.5) is 0 Å². The molecule has 0 aliphatic heterocycles. The van der Waals surface area contributed by atoms with Gasteiger partial charge in [-0.15, -0.1) is 11.6 Å². The van der Waals surface area contributed by atoms with Crippen molar-refractivity contribution in [1.29, 1.82) is 0 Å². The zero-order chi connectivity index (χ0) is 10.5. The molecule has 0 aromatic carbocycles. The fourth-order valence-corrected chi connectivity index (χ4v) is 0.913. The van der Waals surface area contributed by atoms with Crippen LogP contribution in [0, 0.1) is 0 Å². The van der Waals surface area contributed by atoms with Crippen molar-refractivity contribution in [2.45, 2.75) is 11.3 Å². The molecule has 0 aliphatic rings. The first-order valence-corrected chi connectivity index (χ1v) is 3.81. The molecule has 0 aliphatic carbocycles. The van der Waals surface area contributed by atoms with E-state index in [0.29, 0.717) is 0 Å². The van der Waals surface area contributed by atoms with Gasteiger partial charge in [-0.1, -0.05) is 0 Å². The summed E-state index contributed by atoms with van der Waals surface area (Å²) in [7, 11) is 0. The van der Waals surface area contributed by atoms with Gasteiger partial charge in [0.05, 0.1) is 13.0 Å². The van der Waals surface area contributed by atoms with E-state index in [1.54, 1.807) is 0 Å². The van der Waals surface area contributed by atoms with Gasteiger partial charge in [0.2, 0.25) is 11.8 Å². The number of nitrogens with two attached hydrogens (primary N) is 1. The number of hydrogen-bond acceptors (Lipinski definition) is 4. The van der Waals surface area contributed by atoms with E-state index in [4.69, 9.17) is 27.5 Å². The molecular formula is C6H11ClN2O4. The van der Waals surface area contributed by atoms with E-state index in [1.807, 2.05) is 5.32 Å². The minimum Gasteiger partial charge on any atom is -0.394 e. The molecule has 2 amide bonds. The Kier molecular flexibility index (Phi) is 4.68. The average Bonchev–Trinajstić information content (AvgIpc) is 2.03. The van der Waals surface area contributed by atoms with Crippen molar-refractivity contribution in [3.8, 4) is 0 Å². The van der Waals surface area contributed by atoms with E-state index in [2.05, 4.69) is 0 Å². The molecule has 0 saturated carbocycles. The van der Waals surface area contributed by atoms with Crippen LogP contribution in [0.2, 0.25) is 0 Å². The topological polar surface area (TPSA) is 113 Å². The highest BCUT2D eigenvalue weighted by Crippen LogP contribution is 2.18. The van der Waals surface area contributed by atoms with Gasteiger partial charge in [0.15, 0.2) is 4.87 Å². The number of rotatable bonds is 5. The predicted octanol–water partition coefficient (Wildman–Crippen LogP) is -2.10. The summed E-state index contributed by atoms with van der Waals surface area (Å²) in [6, 6.07) is 0. The van der Waals surface area contributed by atoms with Crippen molar-refractivity contribution in [3.05, 3.63) is 0 Å². The lowest BCUT2D eigenvalue weighted by Crippen LogP contribution is -2.47. The van der Waals surface area contributed by atoms with Gasteiger partial charge < -0.3 is 21.3 Å². The summed E-state index contributed by atoms with van der Waals surface area (Å²) in [5.41, 5.74) is 4.81. The number of alkyl halides is 1. The van der Waals surface area contributed by atoms with Crippen LogP contribution in [0.15, 0.2) is 0 Å². The van der Waals surface area contributed by atoms with Gasteiger partial charge >= 0.3 is 0 Å². The number of amides is 2. The molecule has 0 aromatic heterocycles. The maximum Gasteiger partial charge on any atom is 0.245 e. The molecule has 0 rings (SSSR count). The van der Waals surface area contributed by atoms with Gasteiger partial charge in [-0.25, -0.2) is 0 Å². The fourth-order valence-electron chi connectivity index (χ4n) is 0.714. The minimum atomic E-state index is -1.78. The van der Waals surface area contributed by atoms with Crippen molar-refractivity contribution >= 4 is 23.4 Å². The van der Waals surface area contributed by atoms with E-state index in [9.17, 15) is 9.59 Å². The number of nitrogens with one attached hydrogen (secondary N) is 1. The molecule has 0 bridgehead atoms. The molecule has 7 heteroatoms. The van der Waals surface area contributed by atoms with Crippen LogP contribution in [-0.2, 0) is 9.59 Å². The third-order valence-corrected chi connectivity index (χ3v) is 1.78. The summed E-state index contributed by atoms with van der Waals surface area (Å²) in [5.74, 6) is -1.64. The lowest BCUT2D eigenvalue weighted by atomic mass is 10.0. The van der Waals surface area contributed by atoms with Crippen molar-refractivity contribution < 1.29 is 19.8 Å². The lowest BCUT2D eigenvalue weighted by Gasteiger charge is -2.21. The van der Waals surface area contributed by atoms with Gasteiger partial charge in [0.25, 0.3) is 0 Å². The minimum absolute atomic E-state index is 0.489. The van der Waals surface area contributed by atoms with Crippen molar-refractivity contribution in [1.82, 2.24) is 5.32 Å². The smallest absolute Gasteiger partial charge is 0.245 e. The Morgan fingerprint density at radius 2 is 2.00 bits per heavy atom. The summed E-state index contributed by atoms with van der Waals surface area (Å²) in [4.78, 5) is 19.7. The summed E-state index contributed by atoms with van der Waals surface area (Å²) in [6.07, 6.45) is -0.489. The Morgan fingerprint density at radius 1 is 1.46 bits per heavy atom. The number of hydrogen-bond donors (Lipinski definition) is 4. The monoisotopic (exact) mass is 210 g/mol. The first-order chi connectivity index (χ1) is 5.96. The lowest BCUT2D eigenvalue weighted by molar-refractivity contribution is -0.129. The van der Waals surface area contributed by atoms with Gasteiger partial charge in [-0.05, 0) is 0 Å². The van der Waals surface area contributed by atoms with Crippen LogP contribution in [0.3, 0.4) is 0 Å². The van der Waals surface area contributed by atoms with Crippen LogP contribution in [0.25, 0.3) is 0 Å². The summed E-state index contributed by atoms with van der Waals surface area (Å²) in [5, 5.41) is 19.0.